The summed E-state index contributed by atoms with van der Waals surface area (Å²) in [5, 5.41) is 3.09. The van der Waals surface area contributed by atoms with E-state index >= 15 is 0 Å². The first kappa shape index (κ1) is 30.9. The van der Waals surface area contributed by atoms with Crippen molar-refractivity contribution in [1.29, 1.82) is 0 Å². The highest BCUT2D eigenvalue weighted by Gasteiger charge is 2.36. The van der Waals surface area contributed by atoms with Gasteiger partial charge in [0.2, 0.25) is 0 Å². The lowest BCUT2D eigenvalue weighted by Crippen LogP contribution is -2.44. The van der Waals surface area contributed by atoms with Gasteiger partial charge in [0.25, 0.3) is 0 Å². The number of likely N-dealkylation sites (N-methyl/N-ethyl adjacent to an activating group) is 1. The van der Waals surface area contributed by atoms with Gasteiger partial charge in [-0.25, -0.2) is 0 Å². The first-order valence-corrected chi connectivity index (χ1v) is 13.6. The Bertz CT molecular complexity index is 908. The van der Waals surface area contributed by atoms with E-state index in [4.69, 9.17) is 0 Å². The first-order chi connectivity index (χ1) is 17.6. The molecule has 0 unspecified atom stereocenters. The second-order valence-corrected chi connectivity index (χ2v) is 9.76. The van der Waals surface area contributed by atoms with E-state index in [1.54, 1.807) is 6.92 Å². The van der Waals surface area contributed by atoms with Crippen LogP contribution in [0, 0.1) is 0 Å². The summed E-state index contributed by atoms with van der Waals surface area (Å²) in [7, 11) is 2.08. The number of alkyl halides is 3. The molecule has 1 aromatic rings. The molecule has 0 atom stereocenters. The van der Waals surface area contributed by atoms with Crippen LogP contribution in [0.2, 0.25) is 0 Å². The highest BCUT2D eigenvalue weighted by molar-refractivity contribution is 5.83. The number of hydrogen-bond acceptors (Lipinski definition) is 5. The molecule has 1 N–H and O–H groups in total. The summed E-state index contributed by atoms with van der Waals surface area (Å²) in [5.41, 5.74) is 2.08. The second kappa shape index (κ2) is 15.2. The number of aliphatic imine (C=N–C) groups is 1. The fourth-order valence-electron chi connectivity index (χ4n) is 4.50. The summed E-state index contributed by atoms with van der Waals surface area (Å²) < 4.78 is 41.7. The summed E-state index contributed by atoms with van der Waals surface area (Å²) in [4.78, 5) is 10.9. The molecule has 0 spiro atoms. The van der Waals surface area contributed by atoms with E-state index in [0.29, 0.717) is 18.7 Å². The highest BCUT2D eigenvalue weighted by atomic mass is 19.4. The maximum absolute atomic E-state index is 13.9. The molecule has 8 heteroatoms. The number of nitrogens with zero attached hydrogens (tertiary/aromatic N) is 4. The Kier molecular flexibility index (Phi) is 12.7. The fourth-order valence-corrected chi connectivity index (χ4v) is 4.50. The Morgan fingerprint density at radius 1 is 1.00 bits per heavy atom. The molecule has 5 nitrogen and oxygen atoms in total. The predicted molar refractivity (Wildman–Crippen MR) is 150 cm³/mol. The van der Waals surface area contributed by atoms with Crippen molar-refractivity contribution in [2.75, 3.05) is 57.8 Å². The van der Waals surface area contributed by atoms with Crippen LogP contribution in [0.3, 0.4) is 0 Å². The smallest absolute Gasteiger partial charge is 0.381 e. The van der Waals surface area contributed by atoms with Gasteiger partial charge in [0, 0.05) is 75.0 Å². The standard InChI is InChI=1S/C27H40F3N5.C2H6/c1-21(11-14-34-17-15-33(4)16-18-34)32-26(27(28,29)30)22(2)23(3)31-20-24-9-8-10-25(19-24)35-12-6-5-7-13-35;1-2/h8-10,19,31H,3,5-7,11-18,20H2,1-2,4H3;1-2H3/b26-22+,32-21?;. The maximum atomic E-state index is 13.9. The molecule has 0 amide bonds. The number of piperazine rings is 1. The quantitative estimate of drug-likeness (QED) is 0.308. The third kappa shape index (κ3) is 10.2. The van der Waals surface area contributed by atoms with Crippen LogP contribution in [0.5, 0.6) is 0 Å². The average Bonchev–Trinajstić information content (AvgIpc) is 2.91. The lowest BCUT2D eigenvalue weighted by atomic mass is 10.1. The van der Waals surface area contributed by atoms with Crippen molar-refractivity contribution in [3.8, 4) is 0 Å². The molecule has 2 heterocycles. The summed E-state index contributed by atoms with van der Waals surface area (Å²) in [6.45, 7) is 18.1. The van der Waals surface area contributed by atoms with Gasteiger partial charge >= 0.3 is 6.18 Å². The zero-order chi connectivity index (χ0) is 27.4. The molecule has 37 heavy (non-hydrogen) atoms. The van der Waals surface area contributed by atoms with Crippen molar-refractivity contribution in [1.82, 2.24) is 15.1 Å². The van der Waals surface area contributed by atoms with Crippen LogP contribution in [0.15, 0.2) is 52.8 Å². The van der Waals surface area contributed by atoms with Crippen molar-refractivity contribution in [2.45, 2.75) is 66.1 Å². The number of benzene rings is 1. The molecule has 2 aliphatic heterocycles. The predicted octanol–water partition coefficient (Wildman–Crippen LogP) is 6.24. The van der Waals surface area contributed by atoms with E-state index in [-0.39, 0.29) is 11.3 Å². The van der Waals surface area contributed by atoms with E-state index in [2.05, 4.69) is 50.8 Å². The highest BCUT2D eigenvalue weighted by Crippen LogP contribution is 2.31. The number of nitrogens with one attached hydrogen (secondary N) is 1. The molecule has 0 bridgehead atoms. The molecule has 2 saturated heterocycles. The molecule has 2 aliphatic rings. The van der Waals surface area contributed by atoms with Gasteiger partial charge in [0.1, 0.15) is 5.70 Å². The molecule has 0 radical (unpaired) electrons. The zero-order valence-electron chi connectivity index (χ0n) is 23.4. The minimum Gasteiger partial charge on any atom is -0.381 e. The minimum absolute atomic E-state index is 0.0311. The minimum atomic E-state index is -4.54. The van der Waals surface area contributed by atoms with Crippen molar-refractivity contribution in [3.05, 3.63) is 53.4 Å². The van der Waals surface area contributed by atoms with Gasteiger partial charge in [-0.05, 0) is 64.3 Å². The van der Waals surface area contributed by atoms with Crippen LogP contribution in [-0.2, 0) is 6.54 Å². The van der Waals surface area contributed by atoms with Gasteiger partial charge in [-0.1, -0.05) is 32.6 Å². The van der Waals surface area contributed by atoms with Crippen LogP contribution in [0.4, 0.5) is 18.9 Å². The number of allylic oxidation sites excluding steroid dienone is 2. The van der Waals surface area contributed by atoms with E-state index in [0.717, 1.165) is 51.4 Å². The Morgan fingerprint density at radius 3 is 2.27 bits per heavy atom. The van der Waals surface area contributed by atoms with Crippen LogP contribution in [0.25, 0.3) is 0 Å². The number of rotatable bonds is 9. The largest absolute Gasteiger partial charge is 0.433 e. The van der Waals surface area contributed by atoms with Crippen LogP contribution >= 0.6 is 0 Å². The number of piperidine rings is 1. The van der Waals surface area contributed by atoms with Crippen molar-refractivity contribution in [3.63, 3.8) is 0 Å². The number of halogens is 3. The Labute approximate surface area is 222 Å². The third-order valence-electron chi connectivity index (χ3n) is 6.90. The van der Waals surface area contributed by atoms with Crippen LogP contribution in [-0.4, -0.2) is 74.5 Å². The van der Waals surface area contributed by atoms with Gasteiger partial charge in [-0.15, -0.1) is 0 Å². The molecular weight excluding hydrogens is 475 g/mol. The normalized spacial score (nSPS) is 18.6. The Balaban J connectivity index is 0.00000235. The van der Waals surface area contributed by atoms with Crippen molar-refractivity contribution < 1.29 is 13.2 Å². The van der Waals surface area contributed by atoms with Gasteiger partial charge < -0.3 is 20.0 Å². The summed E-state index contributed by atoms with van der Waals surface area (Å²) in [5.74, 6) is 0. The number of hydrogen-bond donors (Lipinski definition) is 1. The van der Waals surface area contributed by atoms with E-state index in [9.17, 15) is 13.2 Å². The van der Waals surface area contributed by atoms with Crippen LogP contribution < -0.4 is 10.2 Å². The van der Waals surface area contributed by atoms with Crippen molar-refractivity contribution >= 4 is 11.4 Å². The molecular formula is C29H46F3N5. The van der Waals surface area contributed by atoms with Crippen LogP contribution in [0.1, 0.15) is 58.9 Å². The zero-order valence-corrected chi connectivity index (χ0v) is 23.4. The lowest BCUT2D eigenvalue weighted by molar-refractivity contribution is -0.0930. The molecule has 2 fully saturated rings. The first-order valence-electron chi connectivity index (χ1n) is 13.6. The summed E-state index contributed by atoms with van der Waals surface area (Å²) in [6, 6.07) is 8.19. The summed E-state index contributed by atoms with van der Waals surface area (Å²) in [6.07, 6.45) is -0.377. The van der Waals surface area contributed by atoms with Gasteiger partial charge in [0.15, 0.2) is 0 Å². The Hall–Kier alpha value is -2.32. The molecule has 0 saturated carbocycles. The van der Waals surface area contributed by atoms with Gasteiger partial charge in [-0.3, -0.25) is 4.99 Å². The fraction of sp³-hybridized carbons (Fsp3) is 0.621. The molecule has 1 aromatic carbocycles. The molecule has 208 valence electrons. The van der Waals surface area contributed by atoms with Crippen molar-refractivity contribution in [2.24, 2.45) is 4.99 Å². The molecule has 0 aliphatic carbocycles. The van der Waals surface area contributed by atoms with E-state index < -0.39 is 11.9 Å². The van der Waals surface area contributed by atoms with Gasteiger partial charge in [0.05, 0.1) is 0 Å². The molecule has 0 aromatic heterocycles. The third-order valence-corrected chi connectivity index (χ3v) is 6.90. The van der Waals surface area contributed by atoms with Gasteiger partial charge in [-0.2, -0.15) is 13.2 Å². The topological polar surface area (TPSA) is 34.1 Å². The lowest BCUT2D eigenvalue weighted by Gasteiger charge is -2.32. The van der Waals surface area contributed by atoms with E-state index in [1.807, 2.05) is 26.0 Å². The second-order valence-electron chi connectivity index (χ2n) is 9.76. The summed E-state index contributed by atoms with van der Waals surface area (Å²) >= 11 is 0. The van der Waals surface area contributed by atoms with E-state index in [1.165, 1.54) is 31.9 Å². The maximum Gasteiger partial charge on any atom is 0.433 e. The Morgan fingerprint density at radius 2 is 1.65 bits per heavy atom. The monoisotopic (exact) mass is 521 g/mol. The average molecular weight is 522 g/mol. The molecule has 3 rings (SSSR count). The number of anilines is 1. The SMILES string of the molecule is C=C(NCc1cccc(N2CCCCC2)c1)/C(C)=C(/N=C(C)CCN1CCN(C)CC1)C(F)(F)F.CC.